The highest BCUT2D eigenvalue weighted by atomic mass is 16.3. The molecule has 0 saturated carbocycles. The van der Waals surface area contributed by atoms with Crippen molar-refractivity contribution < 1.29 is 4.42 Å². The molecular formula is C51H30N4O. The van der Waals surface area contributed by atoms with Crippen LogP contribution in [-0.4, -0.2) is 19.5 Å². The van der Waals surface area contributed by atoms with E-state index in [4.69, 9.17) is 19.4 Å². The van der Waals surface area contributed by atoms with E-state index >= 15 is 0 Å². The third kappa shape index (κ3) is 4.71. The molecule has 0 amide bonds. The second-order valence-corrected chi connectivity index (χ2v) is 14.4. The number of furan rings is 1. The summed E-state index contributed by atoms with van der Waals surface area (Å²) in [7, 11) is 0. The van der Waals surface area contributed by atoms with E-state index in [1.165, 1.54) is 32.3 Å². The summed E-state index contributed by atoms with van der Waals surface area (Å²) in [6.45, 7) is 0. The van der Waals surface area contributed by atoms with E-state index in [2.05, 4.69) is 174 Å². The van der Waals surface area contributed by atoms with Gasteiger partial charge >= 0.3 is 0 Å². The van der Waals surface area contributed by atoms with E-state index in [-0.39, 0.29) is 0 Å². The molecule has 0 atom stereocenters. The first-order chi connectivity index (χ1) is 27.7. The number of hydrogen-bond donors (Lipinski definition) is 0. The molecule has 3 aromatic heterocycles. The Morgan fingerprint density at radius 2 is 0.893 bits per heavy atom. The molecule has 0 N–H and O–H groups in total. The first kappa shape index (κ1) is 30.8. The van der Waals surface area contributed by atoms with E-state index in [9.17, 15) is 0 Å². The Kier molecular flexibility index (Phi) is 6.56. The highest BCUT2D eigenvalue weighted by molar-refractivity contribution is 6.18. The first-order valence-electron chi connectivity index (χ1n) is 18.8. The summed E-state index contributed by atoms with van der Waals surface area (Å²) in [5.74, 6) is 1.81. The largest absolute Gasteiger partial charge is 0.456 e. The molecule has 12 aromatic rings. The van der Waals surface area contributed by atoms with E-state index in [1.54, 1.807) is 0 Å². The molecule has 260 valence electrons. The van der Waals surface area contributed by atoms with Crippen LogP contribution in [0.5, 0.6) is 0 Å². The summed E-state index contributed by atoms with van der Waals surface area (Å²) in [4.78, 5) is 15.9. The molecule has 9 aromatic carbocycles. The van der Waals surface area contributed by atoms with Crippen LogP contribution >= 0.6 is 0 Å². The zero-order chi connectivity index (χ0) is 36.7. The molecule has 0 saturated heterocycles. The quantitative estimate of drug-likeness (QED) is 0.182. The van der Waals surface area contributed by atoms with Crippen molar-refractivity contribution in [2.24, 2.45) is 0 Å². The fourth-order valence-electron chi connectivity index (χ4n) is 8.52. The van der Waals surface area contributed by atoms with Gasteiger partial charge in [-0.15, -0.1) is 0 Å². The van der Waals surface area contributed by atoms with Crippen LogP contribution < -0.4 is 0 Å². The molecule has 0 fully saturated rings. The molecule has 56 heavy (non-hydrogen) atoms. The summed E-state index contributed by atoms with van der Waals surface area (Å²) < 4.78 is 8.97. The first-order valence-corrected chi connectivity index (χ1v) is 18.8. The molecule has 0 aliphatic rings. The van der Waals surface area contributed by atoms with Gasteiger partial charge in [0.2, 0.25) is 0 Å². The number of hydrogen-bond acceptors (Lipinski definition) is 4. The van der Waals surface area contributed by atoms with Crippen molar-refractivity contribution in [1.29, 1.82) is 0 Å². The van der Waals surface area contributed by atoms with Crippen LogP contribution in [0.3, 0.4) is 0 Å². The van der Waals surface area contributed by atoms with E-state index in [0.29, 0.717) is 17.5 Å². The number of rotatable bonds is 4. The summed E-state index contributed by atoms with van der Waals surface area (Å²) in [6, 6.07) is 63.9. The number of fused-ring (bicyclic) bond motifs is 9. The van der Waals surface area contributed by atoms with Crippen molar-refractivity contribution in [3.8, 4) is 39.9 Å². The normalized spacial score (nSPS) is 11.9. The lowest BCUT2D eigenvalue weighted by Crippen LogP contribution is -2.04. The van der Waals surface area contributed by atoms with Gasteiger partial charge in [0.1, 0.15) is 11.2 Å². The van der Waals surface area contributed by atoms with Crippen LogP contribution in [-0.2, 0) is 0 Å². The number of para-hydroxylation sites is 2. The predicted octanol–water partition coefficient (Wildman–Crippen LogP) is 13.3. The predicted molar refractivity (Wildman–Crippen MR) is 230 cm³/mol. The summed E-state index contributed by atoms with van der Waals surface area (Å²) in [5.41, 5.74) is 7.52. The fourth-order valence-corrected chi connectivity index (χ4v) is 8.52. The van der Waals surface area contributed by atoms with Crippen molar-refractivity contribution in [1.82, 2.24) is 19.5 Å². The standard InChI is InChI=1S/C51H30N4O/c1-3-13-33-27-37(23-21-31(33)11-1)49-52-50(38-24-22-32-12-2-4-14-34(32)28-38)54-51(53-49)41-25-26-46-47(40-18-8-10-20-45(40)56-46)48(41)55-43-19-9-7-17-39(43)42-29-35-15-5-6-16-36(35)30-44(42)55/h1-30H. The van der Waals surface area contributed by atoms with E-state index < -0.39 is 0 Å². The summed E-state index contributed by atoms with van der Waals surface area (Å²) in [6.07, 6.45) is 0. The number of benzene rings is 9. The van der Waals surface area contributed by atoms with Crippen LogP contribution in [0.4, 0.5) is 0 Å². The molecule has 0 bridgehead atoms. The third-order valence-electron chi connectivity index (χ3n) is 11.2. The van der Waals surface area contributed by atoms with Gasteiger partial charge in [-0.1, -0.05) is 133 Å². The second kappa shape index (κ2) is 11.9. The molecule has 0 spiro atoms. The molecule has 0 aliphatic heterocycles. The Labute approximate surface area is 320 Å². The van der Waals surface area contributed by atoms with E-state index in [1.807, 2.05) is 12.1 Å². The molecule has 12 rings (SSSR count). The van der Waals surface area contributed by atoms with Crippen LogP contribution in [0.1, 0.15) is 0 Å². The van der Waals surface area contributed by atoms with Crippen LogP contribution in [0.25, 0.3) is 116 Å². The van der Waals surface area contributed by atoms with Crippen molar-refractivity contribution in [3.05, 3.63) is 182 Å². The fraction of sp³-hybridized carbons (Fsp3) is 0. The topological polar surface area (TPSA) is 56.7 Å². The van der Waals surface area contributed by atoms with Crippen molar-refractivity contribution in [2.45, 2.75) is 0 Å². The monoisotopic (exact) mass is 714 g/mol. The lowest BCUT2D eigenvalue weighted by molar-refractivity contribution is 0.669. The van der Waals surface area contributed by atoms with Crippen molar-refractivity contribution in [3.63, 3.8) is 0 Å². The average molecular weight is 715 g/mol. The Balaban J connectivity index is 1.21. The van der Waals surface area contributed by atoms with Gasteiger partial charge in [-0.25, -0.2) is 15.0 Å². The molecule has 5 heteroatoms. The van der Waals surface area contributed by atoms with Gasteiger partial charge in [0, 0.05) is 32.8 Å². The van der Waals surface area contributed by atoms with Gasteiger partial charge < -0.3 is 8.98 Å². The van der Waals surface area contributed by atoms with Crippen LogP contribution in [0.2, 0.25) is 0 Å². The number of nitrogens with zero attached hydrogens (tertiary/aromatic N) is 4. The Morgan fingerprint density at radius 3 is 1.57 bits per heavy atom. The zero-order valence-corrected chi connectivity index (χ0v) is 30.0. The minimum atomic E-state index is 0.584. The maximum Gasteiger partial charge on any atom is 0.166 e. The SMILES string of the molecule is c1ccc2cc(-c3nc(-c4ccc5ccccc5c4)nc(-c4ccc5oc6ccccc6c5c4-n4c5ccccc5c5cc6ccccc6cc54)n3)ccc2c1. The minimum Gasteiger partial charge on any atom is -0.456 e. The lowest BCUT2D eigenvalue weighted by atomic mass is 10.0. The maximum atomic E-state index is 6.58. The zero-order valence-electron chi connectivity index (χ0n) is 30.0. The Hall–Kier alpha value is -7.63. The second-order valence-electron chi connectivity index (χ2n) is 14.4. The van der Waals surface area contributed by atoms with Gasteiger partial charge in [-0.05, 0) is 80.8 Å². The highest BCUT2D eigenvalue weighted by Crippen LogP contribution is 2.44. The Bertz CT molecular complexity index is 3460. The number of aromatic nitrogens is 4. The van der Waals surface area contributed by atoms with Gasteiger partial charge in [-0.2, -0.15) is 0 Å². The molecule has 3 heterocycles. The third-order valence-corrected chi connectivity index (χ3v) is 11.2. The smallest absolute Gasteiger partial charge is 0.166 e. The molecule has 0 unspecified atom stereocenters. The highest BCUT2D eigenvalue weighted by Gasteiger charge is 2.24. The summed E-state index contributed by atoms with van der Waals surface area (Å²) in [5, 5.41) is 11.4. The van der Waals surface area contributed by atoms with Crippen molar-refractivity contribution >= 4 is 76.1 Å². The van der Waals surface area contributed by atoms with Gasteiger partial charge in [0.25, 0.3) is 0 Å². The average Bonchev–Trinajstić information content (AvgIpc) is 3.80. The van der Waals surface area contributed by atoms with Gasteiger partial charge in [0.15, 0.2) is 17.5 Å². The van der Waals surface area contributed by atoms with E-state index in [0.717, 1.165) is 66.1 Å². The molecule has 0 radical (unpaired) electrons. The molecular weight excluding hydrogens is 685 g/mol. The van der Waals surface area contributed by atoms with Crippen molar-refractivity contribution in [2.75, 3.05) is 0 Å². The minimum absolute atomic E-state index is 0.584. The van der Waals surface area contributed by atoms with Crippen LogP contribution in [0, 0.1) is 0 Å². The lowest BCUT2D eigenvalue weighted by Gasteiger charge is -2.16. The Morgan fingerprint density at radius 1 is 0.357 bits per heavy atom. The molecule has 5 nitrogen and oxygen atoms in total. The molecule has 0 aliphatic carbocycles. The van der Waals surface area contributed by atoms with Gasteiger partial charge in [-0.3, -0.25) is 0 Å². The maximum absolute atomic E-state index is 6.58. The summed E-state index contributed by atoms with van der Waals surface area (Å²) >= 11 is 0. The van der Waals surface area contributed by atoms with Gasteiger partial charge in [0.05, 0.1) is 22.1 Å². The van der Waals surface area contributed by atoms with Crippen LogP contribution in [0.15, 0.2) is 186 Å².